The predicted octanol–water partition coefficient (Wildman–Crippen LogP) is 1.27. The summed E-state index contributed by atoms with van der Waals surface area (Å²) in [5.41, 5.74) is 10.9. The van der Waals surface area contributed by atoms with Crippen LogP contribution in [0.3, 0.4) is 0 Å². The molecule has 1 aliphatic heterocycles. The van der Waals surface area contributed by atoms with Crippen molar-refractivity contribution in [1.82, 2.24) is 5.06 Å². The Bertz CT molecular complexity index is 576. The Morgan fingerprint density at radius 1 is 1.50 bits per heavy atom. The van der Waals surface area contributed by atoms with Gasteiger partial charge in [-0.05, 0) is 37.6 Å². The van der Waals surface area contributed by atoms with Crippen molar-refractivity contribution < 1.29 is 24.9 Å². The SMILES string of the molecule is C=C(C)[C@@H]1CC=C(CN(OC)C2O[C@@H](CO)[C@H](N=[N+]=[N-])[C@@H](O)[C@@H]2O)CC1. The molecule has 1 fully saturated rings. The lowest BCUT2D eigenvalue weighted by Crippen LogP contribution is -2.62. The minimum Gasteiger partial charge on any atom is -0.394 e. The summed E-state index contributed by atoms with van der Waals surface area (Å²) in [5, 5.41) is 35.0. The number of hydroxylamine groups is 2. The van der Waals surface area contributed by atoms with E-state index < -0.39 is 37.2 Å². The molecule has 0 amide bonds. The third-order valence-corrected chi connectivity index (χ3v) is 5.13. The second kappa shape index (κ2) is 9.48. The molecule has 0 bridgehead atoms. The summed E-state index contributed by atoms with van der Waals surface area (Å²) >= 11 is 0. The monoisotopic (exact) mass is 368 g/mol. The van der Waals surface area contributed by atoms with Gasteiger partial charge in [0, 0.05) is 11.5 Å². The maximum absolute atomic E-state index is 10.4. The van der Waals surface area contributed by atoms with E-state index in [1.165, 1.54) is 17.7 Å². The highest BCUT2D eigenvalue weighted by molar-refractivity contribution is 5.13. The third-order valence-electron chi connectivity index (χ3n) is 5.13. The van der Waals surface area contributed by atoms with Gasteiger partial charge in [-0.2, -0.15) is 5.06 Å². The molecule has 146 valence electrons. The molecule has 9 nitrogen and oxygen atoms in total. The molecule has 9 heteroatoms. The highest BCUT2D eigenvalue weighted by Gasteiger charge is 2.46. The van der Waals surface area contributed by atoms with Crippen molar-refractivity contribution in [1.29, 1.82) is 0 Å². The van der Waals surface area contributed by atoms with Gasteiger partial charge in [0.15, 0.2) is 6.23 Å². The van der Waals surface area contributed by atoms with Gasteiger partial charge in [-0.3, -0.25) is 4.84 Å². The number of azide groups is 1. The minimum atomic E-state index is -1.37. The first-order chi connectivity index (χ1) is 12.4. The molecule has 6 atom stereocenters. The van der Waals surface area contributed by atoms with Gasteiger partial charge in [-0.15, -0.1) is 0 Å². The maximum Gasteiger partial charge on any atom is 0.162 e. The fraction of sp³-hybridized carbons (Fsp3) is 0.765. The normalized spacial score (nSPS) is 34.9. The van der Waals surface area contributed by atoms with Crippen LogP contribution in [0.25, 0.3) is 10.4 Å². The minimum absolute atomic E-state index is 0.401. The van der Waals surface area contributed by atoms with Crippen LogP contribution in [0.4, 0.5) is 0 Å². The van der Waals surface area contributed by atoms with Gasteiger partial charge in [0.05, 0.1) is 32.0 Å². The van der Waals surface area contributed by atoms with Crippen LogP contribution < -0.4 is 0 Å². The molecule has 3 N–H and O–H groups in total. The maximum atomic E-state index is 10.4. The van der Waals surface area contributed by atoms with Crippen LogP contribution in [-0.2, 0) is 9.57 Å². The smallest absolute Gasteiger partial charge is 0.162 e. The van der Waals surface area contributed by atoms with Crippen molar-refractivity contribution in [3.8, 4) is 0 Å². The van der Waals surface area contributed by atoms with Crippen LogP contribution in [-0.4, -0.2) is 71.2 Å². The Kier molecular flexibility index (Phi) is 7.60. The van der Waals surface area contributed by atoms with Gasteiger partial charge < -0.3 is 20.1 Å². The number of hydrogen-bond donors (Lipinski definition) is 3. The van der Waals surface area contributed by atoms with Crippen LogP contribution in [0.2, 0.25) is 0 Å². The van der Waals surface area contributed by atoms with Crippen molar-refractivity contribution in [2.75, 3.05) is 20.3 Å². The average molecular weight is 368 g/mol. The number of hydrogen-bond acceptors (Lipinski definition) is 7. The Labute approximate surface area is 153 Å². The van der Waals surface area contributed by atoms with E-state index in [2.05, 4.69) is 22.7 Å². The van der Waals surface area contributed by atoms with Gasteiger partial charge >= 0.3 is 0 Å². The molecule has 1 aliphatic carbocycles. The van der Waals surface area contributed by atoms with Gasteiger partial charge in [0.1, 0.15) is 6.10 Å². The number of allylic oxidation sites excluding steroid dienone is 2. The summed E-state index contributed by atoms with van der Waals surface area (Å²) in [6.45, 7) is 5.99. The van der Waals surface area contributed by atoms with Crippen LogP contribution in [0, 0.1) is 5.92 Å². The molecule has 2 aliphatic rings. The van der Waals surface area contributed by atoms with Crippen molar-refractivity contribution in [2.24, 2.45) is 11.0 Å². The van der Waals surface area contributed by atoms with Crippen molar-refractivity contribution in [3.05, 3.63) is 34.2 Å². The lowest BCUT2D eigenvalue weighted by molar-refractivity contribution is -0.309. The molecule has 0 radical (unpaired) electrons. The van der Waals surface area contributed by atoms with Gasteiger partial charge in [-0.1, -0.05) is 28.9 Å². The fourth-order valence-corrected chi connectivity index (χ4v) is 3.46. The van der Waals surface area contributed by atoms with Crippen molar-refractivity contribution >= 4 is 0 Å². The van der Waals surface area contributed by atoms with Crippen LogP contribution in [0.15, 0.2) is 28.9 Å². The van der Waals surface area contributed by atoms with E-state index in [1.54, 1.807) is 0 Å². The topological polar surface area (TPSA) is 131 Å². The molecule has 0 aromatic rings. The molecule has 0 aromatic heterocycles. The quantitative estimate of drug-likeness (QED) is 0.204. The molecule has 0 aromatic carbocycles. The molecule has 2 rings (SSSR count). The van der Waals surface area contributed by atoms with E-state index in [4.69, 9.17) is 15.1 Å². The first kappa shape index (κ1) is 20.9. The molecule has 1 saturated heterocycles. The molecule has 1 heterocycles. The van der Waals surface area contributed by atoms with Crippen LogP contribution in [0.1, 0.15) is 26.2 Å². The summed E-state index contributed by atoms with van der Waals surface area (Å²) in [7, 11) is 1.45. The number of aliphatic hydroxyl groups is 3. The molecular formula is C17H28N4O5. The van der Waals surface area contributed by atoms with Crippen LogP contribution in [0.5, 0.6) is 0 Å². The fourth-order valence-electron chi connectivity index (χ4n) is 3.46. The second-order valence-corrected chi connectivity index (χ2v) is 6.86. The molecular weight excluding hydrogens is 340 g/mol. The predicted molar refractivity (Wildman–Crippen MR) is 94.6 cm³/mol. The number of nitrogens with zero attached hydrogens (tertiary/aromatic N) is 4. The standard InChI is InChI=1S/C17H28N4O5/c1-10(2)12-6-4-11(5-7-12)8-21(25-3)17-16(24)15(23)14(19-20-18)13(9-22)26-17/h4,12-17,22-24H,1,5-9H2,2-3H3/t12-,13+,14+,15-,16+,17?/m1/s1. The van der Waals surface area contributed by atoms with E-state index in [9.17, 15) is 15.3 Å². The summed E-state index contributed by atoms with van der Waals surface area (Å²) in [4.78, 5) is 8.02. The van der Waals surface area contributed by atoms with Gasteiger partial charge in [-0.25, -0.2) is 0 Å². The summed E-state index contributed by atoms with van der Waals surface area (Å²) in [6.07, 6.45) is 0.316. The first-order valence-electron chi connectivity index (χ1n) is 8.73. The second-order valence-electron chi connectivity index (χ2n) is 6.86. The zero-order valence-corrected chi connectivity index (χ0v) is 15.2. The van der Waals surface area contributed by atoms with E-state index in [1.807, 2.05) is 6.92 Å². The third kappa shape index (κ3) is 4.63. The van der Waals surface area contributed by atoms with E-state index >= 15 is 0 Å². The Morgan fingerprint density at radius 2 is 2.23 bits per heavy atom. The van der Waals surface area contributed by atoms with Gasteiger partial charge in [0.2, 0.25) is 0 Å². The lowest BCUT2D eigenvalue weighted by atomic mass is 9.85. The summed E-state index contributed by atoms with van der Waals surface area (Å²) < 4.78 is 5.67. The first-order valence-corrected chi connectivity index (χ1v) is 8.73. The Morgan fingerprint density at radius 3 is 2.73 bits per heavy atom. The zero-order valence-electron chi connectivity index (χ0n) is 15.2. The van der Waals surface area contributed by atoms with Crippen molar-refractivity contribution in [2.45, 2.75) is 56.8 Å². The van der Waals surface area contributed by atoms with Crippen LogP contribution >= 0.6 is 0 Å². The van der Waals surface area contributed by atoms with Gasteiger partial charge in [0.25, 0.3) is 0 Å². The largest absolute Gasteiger partial charge is 0.394 e. The summed E-state index contributed by atoms with van der Waals surface area (Å²) in [6, 6.07) is -1.07. The van der Waals surface area contributed by atoms with E-state index in [0.717, 1.165) is 24.8 Å². The van der Waals surface area contributed by atoms with E-state index in [0.29, 0.717) is 12.5 Å². The molecule has 0 spiro atoms. The van der Waals surface area contributed by atoms with E-state index in [-0.39, 0.29) is 0 Å². The number of aliphatic hydroxyl groups excluding tert-OH is 3. The number of ether oxygens (including phenoxy) is 1. The highest BCUT2D eigenvalue weighted by Crippen LogP contribution is 2.31. The van der Waals surface area contributed by atoms with Crippen molar-refractivity contribution in [3.63, 3.8) is 0 Å². The molecule has 0 saturated carbocycles. The molecule has 26 heavy (non-hydrogen) atoms. The highest BCUT2D eigenvalue weighted by atomic mass is 16.7. The average Bonchev–Trinajstić information content (AvgIpc) is 2.64. The lowest BCUT2D eigenvalue weighted by Gasteiger charge is -2.44. The Hall–Kier alpha value is -1.45. The summed E-state index contributed by atoms with van der Waals surface area (Å²) in [5.74, 6) is 0.483. The zero-order chi connectivity index (χ0) is 19.3. The molecule has 1 unspecified atom stereocenters. The Balaban J connectivity index is 2.09. The number of rotatable bonds is 7.